The van der Waals surface area contributed by atoms with Crippen molar-refractivity contribution in [2.24, 2.45) is 0 Å². The first kappa shape index (κ1) is 18.6. The smallest absolute Gasteiger partial charge is 0.159 e. The van der Waals surface area contributed by atoms with E-state index < -0.39 is 15.1 Å². The van der Waals surface area contributed by atoms with Crippen LogP contribution in [0.1, 0.15) is 50.7 Å². The number of sulfone groups is 1. The summed E-state index contributed by atoms with van der Waals surface area (Å²) < 4.78 is 29.5. The van der Waals surface area contributed by atoms with Gasteiger partial charge in [-0.15, -0.1) is 0 Å². The molecule has 0 bridgehead atoms. The van der Waals surface area contributed by atoms with Crippen molar-refractivity contribution in [3.05, 3.63) is 53.5 Å². The van der Waals surface area contributed by atoms with Crippen molar-refractivity contribution in [1.82, 2.24) is 0 Å². The van der Waals surface area contributed by atoms with Crippen LogP contribution in [0, 0.1) is 0 Å². The van der Waals surface area contributed by atoms with Gasteiger partial charge in [-0.3, -0.25) is 0 Å². The molecule has 24 heavy (non-hydrogen) atoms. The fraction of sp³-hybridized carbons (Fsp3) is 0.474. The maximum Gasteiger partial charge on any atom is 0.159 e. The van der Waals surface area contributed by atoms with Gasteiger partial charge in [-0.1, -0.05) is 25.5 Å². The van der Waals surface area contributed by atoms with Crippen LogP contribution in [-0.4, -0.2) is 13.7 Å². The van der Waals surface area contributed by atoms with Crippen molar-refractivity contribution < 1.29 is 12.8 Å². The highest BCUT2D eigenvalue weighted by Crippen LogP contribution is 2.17. The monoisotopic (exact) mass is 349 g/mol. The molecule has 0 saturated carbocycles. The number of rotatable bonds is 9. The highest BCUT2D eigenvalue weighted by molar-refractivity contribution is 7.91. The van der Waals surface area contributed by atoms with Crippen LogP contribution in [0.5, 0.6) is 0 Å². The third-order valence-electron chi connectivity index (χ3n) is 4.02. The highest BCUT2D eigenvalue weighted by Gasteiger charge is 2.18. The van der Waals surface area contributed by atoms with Gasteiger partial charge in [0.1, 0.15) is 17.3 Å². The summed E-state index contributed by atoms with van der Waals surface area (Å²) in [5.41, 5.74) is 2.38. The zero-order chi connectivity index (χ0) is 17.6. The van der Waals surface area contributed by atoms with Crippen LogP contribution >= 0.6 is 0 Å². The summed E-state index contributed by atoms with van der Waals surface area (Å²) in [5, 5.41) is 2.91. The second-order valence-corrected chi connectivity index (χ2v) is 8.94. The van der Waals surface area contributed by atoms with Crippen molar-refractivity contribution >= 4 is 15.5 Å². The van der Waals surface area contributed by atoms with E-state index in [1.165, 1.54) is 18.4 Å². The van der Waals surface area contributed by atoms with Crippen molar-refractivity contribution in [2.45, 2.75) is 57.6 Å². The molecule has 1 heterocycles. The van der Waals surface area contributed by atoms with Gasteiger partial charge in [0.05, 0.1) is 11.8 Å². The Labute approximate surface area is 145 Å². The molecule has 0 spiro atoms. The summed E-state index contributed by atoms with van der Waals surface area (Å²) in [6.07, 6.45) is 3.53. The Morgan fingerprint density at radius 1 is 1.04 bits per heavy atom. The van der Waals surface area contributed by atoms with Gasteiger partial charge in [-0.05, 0) is 56.5 Å². The molecule has 0 fully saturated rings. The van der Waals surface area contributed by atoms with Crippen molar-refractivity contribution in [3.63, 3.8) is 0 Å². The lowest BCUT2D eigenvalue weighted by Gasteiger charge is -2.07. The fourth-order valence-corrected chi connectivity index (χ4v) is 3.20. The fourth-order valence-electron chi connectivity index (χ4n) is 2.32. The van der Waals surface area contributed by atoms with Gasteiger partial charge in [0, 0.05) is 5.69 Å². The molecule has 132 valence electrons. The van der Waals surface area contributed by atoms with E-state index in [0.29, 0.717) is 12.3 Å². The zero-order valence-electron chi connectivity index (χ0n) is 14.7. The zero-order valence-corrected chi connectivity index (χ0v) is 15.5. The molecular formula is C19H27NO3S. The van der Waals surface area contributed by atoms with Crippen LogP contribution < -0.4 is 5.32 Å². The van der Waals surface area contributed by atoms with Gasteiger partial charge in [-0.25, -0.2) is 8.42 Å². The Kier molecular flexibility index (Phi) is 6.49. The van der Waals surface area contributed by atoms with E-state index in [1.807, 2.05) is 6.07 Å². The number of nitrogens with one attached hydrogen (secondary N) is 1. The Morgan fingerprint density at radius 2 is 1.71 bits per heavy atom. The van der Waals surface area contributed by atoms with E-state index in [0.717, 1.165) is 17.9 Å². The minimum absolute atomic E-state index is 0.0448. The van der Waals surface area contributed by atoms with Crippen LogP contribution in [0.2, 0.25) is 0 Å². The summed E-state index contributed by atoms with van der Waals surface area (Å²) in [6.45, 7) is 6.10. The second kappa shape index (κ2) is 8.38. The predicted octanol–water partition coefficient (Wildman–Crippen LogP) is 4.56. The Morgan fingerprint density at radius 3 is 2.33 bits per heavy atom. The van der Waals surface area contributed by atoms with Gasteiger partial charge >= 0.3 is 0 Å². The minimum atomic E-state index is -3.13. The summed E-state index contributed by atoms with van der Waals surface area (Å²) in [6, 6.07) is 12.0. The van der Waals surface area contributed by atoms with Crippen molar-refractivity contribution in [3.8, 4) is 0 Å². The molecule has 0 amide bonds. The summed E-state index contributed by atoms with van der Waals surface area (Å²) in [4.78, 5) is 0. The SMILES string of the molecule is CCCCc1ccc(NCc2ccc(CS(=O)(=O)C(C)C)o2)cc1. The van der Waals surface area contributed by atoms with Crippen molar-refractivity contribution in [2.75, 3.05) is 5.32 Å². The van der Waals surface area contributed by atoms with E-state index in [4.69, 9.17) is 4.42 Å². The van der Waals surface area contributed by atoms with Crippen LogP contribution in [0.25, 0.3) is 0 Å². The first-order chi connectivity index (χ1) is 11.4. The molecule has 2 rings (SSSR count). The molecule has 1 N–H and O–H groups in total. The number of aryl methyl sites for hydroxylation is 1. The topological polar surface area (TPSA) is 59.3 Å². The van der Waals surface area contributed by atoms with Crippen molar-refractivity contribution in [1.29, 1.82) is 0 Å². The molecule has 0 unspecified atom stereocenters. The van der Waals surface area contributed by atoms with Gasteiger partial charge in [0.15, 0.2) is 9.84 Å². The lowest BCUT2D eigenvalue weighted by molar-refractivity contribution is 0.481. The largest absolute Gasteiger partial charge is 0.463 e. The number of furan rings is 1. The maximum atomic E-state index is 11.9. The average Bonchev–Trinajstić information content (AvgIpc) is 2.98. The van der Waals surface area contributed by atoms with Crippen LogP contribution in [0.4, 0.5) is 5.69 Å². The molecule has 0 aliphatic carbocycles. The molecule has 2 aromatic rings. The lowest BCUT2D eigenvalue weighted by atomic mass is 10.1. The van der Waals surface area contributed by atoms with Gasteiger partial charge in [-0.2, -0.15) is 0 Å². The molecule has 5 heteroatoms. The van der Waals surface area contributed by atoms with Gasteiger partial charge in [0.25, 0.3) is 0 Å². The summed E-state index contributed by atoms with van der Waals surface area (Å²) in [7, 11) is -3.13. The van der Waals surface area contributed by atoms with E-state index in [2.05, 4.69) is 36.5 Å². The average molecular weight is 349 g/mol. The minimum Gasteiger partial charge on any atom is -0.463 e. The Bertz CT molecular complexity index is 730. The molecule has 0 saturated heterocycles. The Balaban J connectivity index is 1.89. The number of anilines is 1. The van der Waals surface area contributed by atoms with Crippen LogP contribution in [0.15, 0.2) is 40.8 Å². The highest BCUT2D eigenvalue weighted by atomic mass is 32.2. The third kappa shape index (κ3) is 5.41. The quantitative estimate of drug-likeness (QED) is 0.721. The molecular weight excluding hydrogens is 322 g/mol. The number of unbranched alkanes of at least 4 members (excludes halogenated alkanes) is 1. The van der Waals surface area contributed by atoms with E-state index in [9.17, 15) is 8.42 Å². The molecule has 1 aromatic carbocycles. The molecule has 0 radical (unpaired) electrons. The van der Waals surface area contributed by atoms with E-state index in [1.54, 1.807) is 19.9 Å². The predicted molar refractivity (Wildman–Crippen MR) is 98.8 cm³/mol. The van der Waals surface area contributed by atoms with Gasteiger partial charge in [0.2, 0.25) is 0 Å². The molecule has 0 aliphatic rings. The number of hydrogen-bond donors (Lipinski definition) is 1. The summed E-state index contributed by atoms with van der Waals surface area (Å²) >= 11 is 0. The van der Waals surface area contributed by atoms with E-state index in [-0.39, 0.29) is 5.75 Å². The molecule has 1 aromatic heterocycles. The molecule has 0 atom stereocenters. The number of hydrogen-bond acceptors (Lipinski definition) is 4. The first-order valence-electron chi connectivity index (χ1n) is 8.52. The summed E-state index contributed by atoms with van der Waals surface area (Å²) in [5.74, 6) is 1.19. The lowest BCUT2D eigenvalue weighted by Crippen LogP contribution is -2.15. The second-order valence-electron chi connectivity index (χ2n) is 6.38. The Hall–Kier alpha value is -1.75. The van der Waals surface area contributed by atoms with E-state index >= 15 is 0 Å². The van der Waals surface area contributed by atoms with Crippen LogP contribution in [-0.2, 0) is 28.6 Å². The molecule has 0 aliphatic heterocycles. The standard InChI is InChI=1S/C19H27NO3S/c1-4-5-6-16-7-9-17(10-8-16)20-13-18-11-12-19(23-18)14-24(21,22)15(2)3/h7-12,15,20H,4-6,13-14H2,1-3H3. The van der Waals surface area contributed by atoms with Crippen LogP contribution in [0.3, 0.4) is 0 Å². The molecule has 4 nitrogen and oxygen atoms in total. The maximum absolute atomic E-state index is 11.9. The number of benzene rings is 1. The first-order valence-corrected chi connectivity index (χ1v) is 10.2. The normalized spacial score (nSPS) is 11.8. The third-order valence-corrected chi connectivity index (χ3v) is 6.14. The van der Waals surface area contributed by atoms with Gasteiger partial charge < -0.3 is 9.73 Å².